The third-order valence-corrected chi connectivity index (χ3v) is 4.01. The molecule has 2 heterocycles. The van der Waals surface area contributed by atoms with E-state index in [0.717, 1.165) is 4.47 Å². The van der Waals surface area contributed by atoms with E-state index in [2.05, 4.69) is 31.2 Å². The number of aromatic nitrogens is 2. The van der Waals surface area contributed by atoms with Crippen molar-refractivity contribution >= 4 is 56.6 Å². The van der Waals surface area contributed by atoms with E-state index in [9.17, 15) is 4.79 Å². The topological polar surface area (TPSA) is 54.9 Å². The highest BCUT2D eigenvalue weighted by Gasteiger charge is 2.20. The molecule has 0 saturated carbocycles. The highest BCUT2D eigenvalue weighted by molar-refractivity contribution is 9.10. The first-order valence-corrected chi connectivity index (χ1v) is 7.74. The largest absolute Gasteiger partial charge is 0.344 e. The van der Waals surface area contributed by atoms with Crippen LogP contribution in [0.3, 0.4) is 0 Å². The molecule has 0 spiro atoms. The van der Waals surface area contributed by atoms with Crippen LogP contribution in [0.1, 0.15) is 29.0 Å². The van der Waals surface area contributed by atoms with E-state index in [4.69, 9.17) is 34.8 Å². The van der Waals surface area contributed by atoms with Crippen molar-refractivity contribution in [1.29, 1.82) is 0 Å². The number of carbonyl (C=O) groups is 1. The van der Waals surface area contributed by atoms with Gasteiger partial charge in [0.05, 0.1) is 27.3 Å². The van der Waals surface area contributed by atoms with Crippen LogP contribution in [-0.4, -0.2) is 15.9 Å². The summed E-state index contributed by atoms with van der Waals surface area (Å²) in [5.74, 6) is -0.439. The van der Waals surface area contributed by atoms with Gasteiger partial charge in [0.1, 0.15) is 5.15 Å². The van der Waals surface area contributed by atoms with Gasteiger partial charge in [0.15, 0.2) is 0 Å². The van der Waals surface area contributed by atoms with E-state index in [1.807, 2.05) is 0 Å². The number of nitrogens with zero attached hydrogens (tertiary/aromatic N) is 2. The monoisotopic (exact) mass is 407 g/mol. The van der Waals surface area contributed by atoms with Gasteiger partial charge in [-0.05, 0) is 35.0 Å². The minimum absolute atomic E-state index is 0.0436. The molecule has 1 unspecified atom stereocenters. The second-order valence-corrected chi connectivity index (χ2v) is 6.26. The van der Waals surface area contributed by atoms with Crippen molar-refractivity contribution in [3.05, 3.63) is 55.5 Å². The number of hydrogen-bond acceptors (Lipinski definition) is 3. The third kappa shape index (κ3) is 3.86. The summed E-state index contributed by atoms with van der Waals surface area (Å²) in [7, 11) is 0. The Morgan fingerprint density at radius 1 is 1.29 bits per heavy atom. The Morgan fingerprint density at radius 3 is 2.62 bits per heavy atom. The minimum atomic E-state index is -0.439. The molecule has 1 amide bonds. The van der Waals surface area contributed by atoms with Crippen LogP contribution in [0.4, 0.5) is 0 Å². The van der Waals surface area contributed by atoms with Gasteiger partial charge in [-0.1, -0.05) is 34.8 Å². The summed E-state index contributed by atoms with van der Waals surface area (Å²) >= 11 is 21.3. The molecule has 0 aliphatic rings. The molecule has 2 rings (SSSR count). The van der Waals surface area contributed by atoms with Gasteiger partial charge in [0.25, 0.3) is 5.91 Å². The summed E-state index contributed by atoms with van der Waals surface area (Å²) < 4.78 is 0.758. The molecule has 4 nitrogen and oxygen atoms in total. The van der Waals surface area contributed by atoms with E-state index in [1.165, 1.54) is 12.3 Å². The number of rotatable bonds is 3. The molecular formula is C13H9BrCl3N3O. The smallest absolute Gasteiger partial charge is 0.256 e. The molecule has 8 heteroatoms. The zero-order chi connectivity index (χ0) is 15.6. The highest BCUT2D eigenvalue weighted by atomic mass is 79.9. The Morgan fingerprint density at radius 2 is 2.00 bits per heavy atom. The lowest BCUT2D eigenvalue weighted by Crippen LogP contribution is -2.28. The van der Waals surface area contributed by atoms with Crippen LogP contribution in [0.2, 0.25) is 15.2 Å². The summed E-state index contributed by atoms with van der Waals surface area (Å²) in [6, 6.07) is 2.79. The summed E-state index contributed by atoms with van der Waals surface area (Å²) in [5.41, 5.74) is 0.672. The van der Waals surface area contributed by atoms with Crippen molar-refractivity contribution in [2.75, 3.05) is 0 Å². The van der Waals surface area contributed by atoms with E-state index in [0.29, 0.717) is 10.7 Å². The molecule has 2 aromatic rings. The van der Waals surface area contributed by atoms with Crippen molar-refractivity contribution in [2.45, 2.75) is 13.0 Å². The van der Waals surface area contributed by atoms with E-state index in [-0.39, 0.29) is 15.7 Å². The molecule has 21 heavy (non-hydrogen) atoms. The predicted octanol–water partition coefficient (Wildman–Crippen LogP) is 4.69. The molecule has 0 aliphatic heterocycles. The first-order valence-electron chi connectivity index (χ1n) is 5.82. The van der Waals surface area contributed by atoms with Gasteiger partial charge in [0, 0.05) is 16.9 Å². The van der Waals surface area contributed by atoms with Crippen molar-refractivity contribution in [1.82, 2.24) is 15.3 Å². The molecule has 0 aliphatic carbocycles. The summed E-state index contributed by atoms with van der Waals surface area (Å²) in [6.07, 6.45) is 3.03. The van der Waals surface area contributed by atoms with Crippen LogP contribution in [0.15, 0.2) is 29.0 Å². The second-order valence-electron chi connectivity index (χ2n) is 4.17. The Hall–Kier alpha value is -0.880. The fraction of sp³-hybridized carbons (Fsp3) is 0.154. The Balaban J connectivity index is 2.23. The second kappa shape index (κ2) is 6.92. The Labute approximate surface area is 145 Å². The molecule has 0 fully saturated rings. The van der Waals surface area contributed by atoms with E-state index < -0.39 is 11.9 Å². The SMILES string of the molecule is CC(NC(=O)c1c(Cl)ccnc1Cl)c1ncc(Br)cc1Cl. The molecule has 2 aromatic heterocycles. The van der Waals surface area contributed by atoms with Crippen LogP contribution in [0, 0.1) is 0 Å². The number of nitrogens with one attached hydrogen (secondary N) is 1. The van der Waals surface area contributed by atoms with E-state index in [1.54, 1.807) is 19.2 Å². The van der Waals surface area contributed by atoms with Crippen molar-refractivity contribution in [3.8, 4) is 0 Å². The normalized spacial score (nSPS) is 12.0. The van der Waals surface area contributed by atoms with Gasteiger partial charge in [-0.25, -0.2) is 4.98 Å². The first-order chi connectivity index (χ1) is 9.90. The van der Waals surface area contributed by atoms with E-state index >= 15 is 0 Å². The van der Waals surface area contributed by atoms with Crippen molar-refractivity contribution < 1.29 is 4.79 Å². The maximum absolute atomic E-state index is 12.2. The fourth-order valence-electron chi connectivity index (χ4n) is 1.70. The minimum Gasteiger partial charge on any atom is -0.344 e. The summed E-state index contributed by atoms with van der Waals surface area (Å²) in [4.78, 5) is 20.3. The number of halogens is 4. The summed E-state index contributed by atoms with van der Waals surface area (Å²) in [6.45, 7) is 1.76. The number of hydrogen-bond donors (Lipinski definition) is 1. The Bertz CT molecular complexity index is 676. The lowest BCUT2D eigenvalue weighted by Gasteiger charge is -2.15. The van der Waals surface area contributed by atoms with Crippen LogP contribution >= 0.6 is 50.7 Å². The lowest BCUT2D eigenvalue weighted by molar-refractivity contribution is 0.0939. The van der Waals surface area contributed by atoms with Gasteiger partial charge in [-0.15, -0.1) is 0 Å². The van der Waals surface area contributed by atoms with Crippen LogP contribution in [0.25, 0.3) is 0 Å². The van der Waals surface area contributed by atoms with Gasteiger partial charge in [0.2, 0.25) is 0 Å². The fourth-order valence-corrected chi connectivity index (χ4v) is 3.01. The van der Waals surface area contributed by atoms with Crippen LogP contribution in [0.5, 0.6) is 0 Å². The summed E-state index contributed by atoms with van der Waals surface area (Å²) in [5, 5.41) is 3.46. The highest BCUT2D eigenvalue weighted by Crippen LogP contribution is 2.26. The molecule has 1 atom stereocenters. The van der Waals surface area contributed by atoms with Gasteiger partial charge in [-0.3, -0.25) is 9.78 Å². The van der Waals surface area contributed by atoms with Gasteiger partial charge < -0.3 is 5.32 Å². The van der Waals surface area contributed by atoms with Crippen LogP contribution in [-0.2, 0) is 0 Å². The zero-order valence-corrected chi connectivity index (χ0v) is 14.6. The number of carbonyl (C=O) groups excluding carboxylic acids is 1. The van der Waals surface area contributed by atoms with Gasteiger partial charge in [-0.2, -0.15) is 0 Å². The molecule has 0 aromatic carbocycles. The average molecular weight is 409 g/mol. The quantitative estimate of drug-likeness (QED) is 0.749. The number of pyridine rings is 2. The third-order valence-electron chi connectivity index (χ3n) is 2.67. The van der Waals surface area contributed by atoms with Crippen molar-refractivity contribution in [2.24, 2.45) is 0 Å². The molecule has 0 bridgehead atoms. The molecular weight excluding hydrogens is 400 g/mol. The Kier molecular flexibility index (Phi) is 5.43. The number of amides is 1. The zero-order valence-electron chi connectivity index (χ0n) is 10.7. The maximum atomic E-state index is 12.2. The lowest BCUT2D eigenvalue weighted by atomic mass is 10.2. The van der Waals surface area contributed by atoms with Gasteiger partial charge >= 0.3 is 0 Å². The maximum Gasteiger partial charge on any atom is 0.256 e. The predicted molar refractivity (Wildman–Crippen MR) is 87.1 cm³/mol. The van der Waals surface area contributed by atoms with Crippen LogP contribution < -0.4 is 5.32 Å². The average Bonchev–Trinajstić information content (AvgIpc) is 2.37. The molecule has 110 valence electrons. The van der Waals surface area contributed by atoms with Crippen molar-refractivity contribution in [3.63, 3.8) is 0 Å². The molecule has 1 N–H and O–H groups in total. The first kappa shape index (κ1) is 16.5. The molecule has 0 saturated heterocycles. The molecule has 0 radical (unpaired) electrons. The standard InChI is InChI=1S/C13H9BrCl3N3O/c1-6(11-9(16)4-7(14)5-19-11)20-13(21)10-8(15)2-3-18-12(10)17/h2-6H,1H3,(H,20,21).